The number of carbonyl (C=O) groups is 2. The summed E-state index contributed by atoms with van der Waals surface area (Å²) in [7, 11) is 0. The molecule has 1 aliphatic heterocycles. The molecule has 1 fully saturated rings. The average molecular weight is 483 g/mol. The molecular formula is C25H27ClN4O4. The maximum absolute atomic E-state index is 13.0. The molecule has 0 aliphatic carbocycles. The summed E-state index contributed by atoms with van der Waals surface area (Å²) >= 11 is 6.23. The molecule has 1 N–H and O–H groups in total. The second-order valence-electron chi connectivity index (χ2n) is 8.37. The predicted molar refractivity (Wildman–Crippen MR) is 132 cm³/mol. The minimum Gasteiger partial charge on any atom is -0.466 e. The zero-order valence-electron chi connectivity index (χ0n) is 19.2. The predicted octanol–water partition coefficient (Wildman–Crippen LogP) is 3.78. The molecular weight excluding hydrogens is 456 g/mol. The third-order valence-corrected chi connectivity index (χ3v) is 6.30. The van der Waals surface area contributed by atoms with E-state index in [0.717, 1.165) is 10.9 Å². The summed E-state index contributed by atoms with van der Waals surface area (Å²) in [6, 6.07) is 12.7. The molecule has 178 valence electrons. The fourth-order valence-corrected chi connectivity index (χ4v) is 4.53. The SMILES string of the molecule is CCOC(=O)C1CCN(c2nc(=O)n(CC(=O)Nc3ccc(C)cc3Cl)c3ccccc23)CC1. The van der Waals surface area contributed by atoms with Crippen molar-refractivity contribution in [3.05, 3.63) is 63.5 Å². The van der Waals surface area contributed by atoms with Gasteiger partial charge in [-0.05, 0) is 56.5 Å². The van der Waals surface area contributed by atoms with E-state index in [1.165, 1.54) is 4.57 Å². The number of benzene rings is 2. The van der Waals surface area contributed by atoms with Crippen LogP contribution in [-0.4, -0.2) is 41.1 Å². The zero-order valence-corrected chi connectivity index (χ0v) is 20.0. The number of fused-ring (bicyclic) bond motifs is 1. The van der Waals surface area contributed by atoms with Gasteiger partial charge in [0.15, 0.2) is 0 Å². The van der Waals surface area contributed by atoms with E-state index in [1.54, 1.807) is 25.1 Å². The van der Waals surface area contributed by atoms with E-state index in [-0.39, 0.29) is 24.3 Å². The highest BCUT2D eigenvalue weighted by molar-refractivity contribution is 6.33. The number of aryl methyl sites for hydroxylation is 1. The first-order valence-electron chi connectivity index (χ1n) is 11.3. The van der Waals surface area contributed by atoms with Gasteiger partial charge in [0.05, 0.1) is 28.8 Å². The summed E-state index contributed by atoms with van der Waals surface area (Å²) in [5.41, 5.74) is 1.58. The minimum atomic E-state index is -0.508. The van der Waals surface area contributed by atoms with Gasteiger partial charge in [0.25, 0.3) is 0 Å². The van der Waals surface area contributed by atoms with E-state index in [4.69, 9.17) is 16.3 Å². The number of anilines is 2. The fourth-order valence-electron chi connectivity index (χ4n) is 4.25. The van der Waals surface area contributed by atoms with Crippen molar-refractivity contribution in [1.29, 1.82) is 0 Å². The van der Waals surface area contributed by atoms with Gasteiger partial charge < -0.3 is 15.0 Å². The smallest absolute Gasteiger partial charge is 0.350 e. The van der Waals surface area contributed by atoms with Crippen molar-refractivity contribution in [1.82, 2.24) is 9.55 Å². The number of rotatable bonds is 6. The summed E-state index contributed by atoms with van der Waals surface area (Å²) in [5.74, 6) is -0.112. The number of halogens is 1. The standard InChI is InChI=1S/C25H27ClN4O4/c1-3-34-24(32)17-10-12-29(13-11-17)23-18-6-4-5-7-21(18)30(25(33)28-23)15-22(31)27-20-9-8-16(2)14-19(20)26/h4-9,14,17H,3,10-13,15H2,1-2H3,(H,27,31). The minimum absolute atomic E-state index is 0.139. The molecule has 4 rings (SSSR count). The second kappa shape index (κ2) is 10.3. The number of amides is 1. The van der Waals surface area contributed by atoms with Crippen LogP contribution in [0, 0.1) is 12.8 Å². The van der Waals surface area contributed by atoms with Gasteiger partial charge in [-0.2, -0.15) is 4.98 Å². The molecule has 9 heteroatoms. The lowest BCUT2D eigenvalue weighted by atomic mass is 9.97. The molecule has 0 saturated carbocycles. The number of aromatic nitrogens is 2. The first-order valence-corrected chi connectivity index (χ1v) is 11.7. The average Bonchev–Trinajstić information content (AvgIpc) is 2.83. The van der Waals surface area contributed by atoms with Crippen LogP contribution in [0.2, 0.25) is 5.02 Å². The van der Waals surface area contributed by atoms with Gasteiger partial charge in [-0.3, -0.25) is 14.2 Å². The topological polar surface area (TPSA) is 93.5 Å². The van der Waals surface area contributed by atoms with E-state index in [9.17, 15) is 14.4 Å². The number of esters is 1. The number of hydrogen-bond acceptors (Lipinski definition) is 6. The molecule has 1 aliphatic rings. The molecule has 2 aromatic carbocycles. The van der Waals surface area contributed by atoms with Crippen molar-refractivity contribution in [3.8, 4) is 0 Å². The Bertz CT molecular complexity index is 1280. The van der Waals surface area contributed by atoms with Gasteiger partial charge in [0.2, 0.25) is 5.91 Å². The maximum atomic E-state index is 13.0. The summed E-state index contributed by atoms with van der Waals surface area (Å²) < 4.78 is 6.51. The molecule has 1 saturated heterocycles. The summed E-state index contributed by atoms with van der Waals surface area (Å²) in [5, 5.41) is 3.98. The molecule has 0 bridgehead atoms. The normalized spacial score (nSPS) is 14.3. The molecule has 2 heterocycles. The third-order valence-electron chi connectivity index (χ3n) is 5.98. The Labute approximate surface area is 202 Å². The van der Waals surface area contributed by atoms with Gasteiger partial charge in [0, 0.05) is 18.5 Å². The largest absolute Gasteiger partial charge is 0.466 e. The Morgan fingerprint density at radius 3 is 2.62 bits per heavy atom. The van der Waals surface area contributed by atoms with Crippen molar-refractivity contribution in [2.24, 2.45) is 5.92 Å². The van der Waals surface area contributed by atoms with Crippen molar-refractivity contribution in [2.75, 3.05) is 29.9 Å². The molecule has 3 aromatic rings. The monoisotopic (exact) mass is 482 g/mol. The van der Waals surface area contributed by atoms with E-state index < -0.39 is 5.69 Å². The van der Waals surface area contributed by atoms with Crippen LogP contribution in [0.5, 0.6) is 0 Å². The number of piperidine rings is 1. The molecule has 0 atom stereocenters. The molecule has 0 unspecified atom stereocenters. The quantitative estimate of drug-likeness (QED) is 0.537. The number of nitrogens with one attached hydrogen (secondary N) is 1. The number of hydrogen-bond donors (Lipinski definition) is 1. The summed E-state index contributed by atoms with van der Waals surface area (Å²) in [6.07, 6.45) is 1.27. The van der Waals surface area contributed by atoms with E-state index in [1.807, 2.05) is 36.1 Å². The van der Waals surface area contributed by atoms with Crippen LogP contribution in [0.3, 0.4) is 0 Å². The maximum Gasteiger partial charge on any atom is 0.350 e. The Balaban J connectivity index is 1.57. The number of ether oxygens (including phenoxy) is 1. The van der Waals surface area contributed by atoms with Gasteiger partial charge in [-0.25, -0.2) is 4.79 Å². The van der Waals surface area contributed by atoms with Crippen molar-refractivity contribution >= 4 is 45.9 Å². The number of carbonyl (C=O) groups excluding carboxylic acids is 2. The first kappa shape index (κ1) is 23.8. The highest BCUT2D eigenvalue weighted by Gasteiger charge is 2.28. The van der Waals surface area contributed by atoms with Crippen LogP contribution in [-0.2, 0) is 20.9 Å². The van der Waals surface area contributed by atoms with Crippen LogP contribution < -0.4 is 15.9 Å². The van der Waals surface area contributed by atoms with Crippen molar-refractivity contribution in [2.45, 2.75) is 33.2 Å². The van der Waals surface area contributed by atoms with Crippen LogP contribution >= 0.6 is 11.6 Å². The molecule has 34 heavy (non-hydrogen) atoms. The lowest BCUT2D eigenvalue weighted by Gasteiger charge is -2.32. The fraction of sp³-hybridized carbons (Fsp3) is 0.360. The lowest BCUT2D eigenvalue weighted by Crippen LogP contribution is -2.39. The van der Waals surface area contributed by atoms with Crippen LogP contribution in [0.25, 0.3) is 10.9 Å². The first-order chi connectivity index (χ1) is 16.4. The zero-order chi connectivity index (χ0) is 24.2. The van der Waals surface area contributed by atoms with E-state index >= 15 is 0 Å². The van der Waals surface area contributed by atoms with Crippen LogP contribution in [0.1, 0.15) is 25.3 Å². The van der Waals surface area contributed by atoms with Gasteiger partial charge >= 0.3 is 11.7 Å². The Hall–Kier alpha value is -3.39. The third kappa shape index (κ3) is 5.07. The van der Waals surface area contributed by atoms with Gasteiger partial charge in [0.1, 0.15) is 12.4 Å². The molecule has 0 radical (unpaired) electrons. The van der Waals surface area contributed by atoms with E-state index in [0.29, 0.717) is 54.6 Å². The lowest BCUT2D eigenvalue weighted by molar-refractivity contribution is -0.148. The Morgan fingerprint density at radius 1 is 1.18 bits per heavy atom. The van der Waals surface area contributed by atoms with Crippen LogP contribution in [0.15, 0.2) is 47.3 Å². The van der Waals surface area contributed by atoms with Crippen molar-refractivity contribution in [3.63, 3.8) is 0 Å². The molecule has 0 spiro atoms. The van der Waals surface area contributed by atoms with Gasteiger partial charge in [-0.15, -0.1) is 0 Å². The Morgan fingerprint density at radius 2 is 1.91 bits per heavy atom. The highest BCUT2D eigenvalue weighted by Crippen LogP contribution is 2.28. The highest BCUT2D eigenvalue weighted by atomic mass is 35.5. The van der Waals surface area contributed by atoms with Crippen molar-refractivity contribution < 1.29 is 14.3 Å². The summed E-state index contributed by atoms with van der Waals surface area (Å²) in [6.45, 7) is 5.07. The second-order valence-corrected chi connectivity index (χ2v) is 8.77. The summed E-state index contributed by atoms with van der Waals surface area (Å²) in [4.78, 5) is 44.2. The molecule has 1 amide bonds. The van der Waals surface area contributed by atoms with E-state index in [2.05, 4.69) is 10.3 Å². The molecule has 8 nitrogen and oxygen atoms in total. The van der Waals surface area contributed by atoms with Crippen LogP contribution in [0.4, 0.5) is 11.5 Å². The number of para-hydroxylation sites is 1. The molecule has 1 aromatic heterocycles. The number of nitrogens with zero attached hydrogens (tertiary/aromatic N) is 3. The Kier molecular flexibility index (Phi) is 7.17. The van der Waals surface area contributed by atoms with Gasteiger partial charge in [-0.1, -0.05) is 29.8 Å².